The summed E-state index contributed by atoms with van der Waals surface area (Å²) in [6, 6.07) is 1.81. The number of nitrogens with one attached hydrogen (secondary N) is 1. The quantitative estimate of drug-likeness (QED) is 0.706. The van der Waals surface area contributed by atoms with Crippen LogP contribution in [0.5, 0.6) is 0 Å². The number of H-pyrrole nitrogens is 1. The summed E-state index contributed by atoms with van der Waals surface area (Å²) in [5.74, 6) is 0. The second kappa shape index (κ2) is 3.35. The Balaban J connectivity index is 2.57. The van der Waals surface area contributed by atoms with Crippen molar-refractivity contribution in [1.82, 2.24) is 15.0 Å². The van der Waals surface area contributed by atoms with Crippen molar-refractivity contribution in [3.05, 3.63) is 18.0 Å². The minimum atomic E-state index is -0.00730. The molecular weight excluding hydrogens is 186 g/mol. The lowest BCUT2D eigenvalue weighted by Gasteiger charge is -1.92. The van der Waals surface area contributed by atoms with E-state index in [1.807, 2.05) is 12.3 Å². The standard InChI is InChI=1S/C8H9N3OS/c1-13-7-3-9-8-6(11-7)2-5(4-12)10-8/h2-3,12H,4H2,1H3,(H,9,10). The number of hydrogen-bond donors (Lipinski definition) is 2. The second-order valence-electron chi connectivity index (χ2n) is 2.60. The van der Waals surface area contributed by atoms with Gasteiger partial charge in [0, 0.05) is 5.69 Å². The summed E-state index contributed by atoms with van der Waals surface area (Å²) in [6.45, 7) is -0.00730. The summed E-state index contributed by atoms with van der Waals surface area (Å²) in [6.07, 6.45) is 3.67. The molecule has 0 amide bonds. The lowest BCUT2D eigenvalue weighted by atomic mass is 10.4. The van der Waals surface area contributed by atoms with E-state index in [2.05, 4.69) is 15.0 Å². The Bertz CT molecular complexity index is 424. The minimum Gasteiger partial charge on any atom is -0.390 e. The predicted octanol–water partition coefficient (Wildman–Crippen LogP) is 1.17. The smallest absolute Gasteiger partial charge is 0.156 e. The molecule has 2 aromatic heterocycles. The van der Waals surface area contributed by atoms with Crippen LogP contribution in [-0.4, -0.2) is 26.3 Å². The van der Waals surface area contributed by atoms with E-state index in [1.54, 1.807) is 18.0 Å². The van der Waals surface area contributed by atoms with Gasteiger partial charge in [0.15, 0.2) is 5.65 Å². The number of nitrogens with zero attached hydrogens (tertiary/aromatic N) is 2. The molecule has 0 aromatic carbocycles. The summed E-state index contributed by atoms with van der Waals surface area (Å²) in [4.78, 5) is 11.5. The Hall–Kier alpha value is -1.07. The van der Waals surface area contributed by atoms with Crippen LogP contribution in [0.15, 0.2) is 17.3 Å². The molecule has 2 N–H and O–H groups in total. The predicted molar refractivity (Wildman–Crippen MR) is 51.6 cm³/mol. The zero-order valence-corrected chi connectivity index (χ0v) is 7.93. The highest BCUT2D eigenvalue weighted by atomic mass is 32.2. The van der Waals surface area contributed by atoms with Gasteiger partial charge < -0.3 is 10.1 Å². The summed E-state index contributed by atoms with van der Waals surface area (Å²) in [7, 11) is 0. The molecule has 0 saturated heterocycles. The number of aromatic amines is 1. The van der Waals surface area contributed by atoms with Gasteiger partial charge in [-0.05, 0) is 12.3 Å². The third kappa shape index (κ3) is 1.52. The van der Waals surface area contributed by atoms with Gasteiger partial charge in [-0.2, -0.15) is 0 Å². The van der Waals surface area contributed by atoms with Gasteiger partial charge in [-0.3, -0.25) is 0 Å². The largest absolute Gasteiger partial charge is 0.390 e. The highest BCUT2D eigenvalue weighted by molar-refractivity contribution is 7.98. The first-order valence-corrected chi connectivity index (χ1v) is 5.05. The Labute approximate surface area is 79.4 Å². The second-order valence-corrected chi connectivity index (χ2v) is 3.43. The number of rotatable bonds is 2. The van der Waals surface area contributed by atoms with Crippen LogP contribution in [0.3, 0.4) is 0 Å². The van der Waals surface area contributed by atoms with Crippen molar-refractivity contribution >= 4 is 22.9 Å². The summed E-state index contributed by atoms with van der Waals surface area (Å²) >= 11 is 1.55. The zero-order valence-electron chi connectivity index (χ0n) is 7.11. The maximum Gasteiger partial charge on any atom is 0.156 e. The van der Waals surface area contributed by atoms with Crippen LogP contribution in [-0.2, 0) is 6.61 Å². The van der Waals surface area contributed by atoms with Crippen molar-refractivity contribution in [2.75, 3.05) is 6.26 Å². The fourth-order valence-electron chi connectivity index (χ4n) is 1.12. The molecule has 0 atom stereocenters. The first-order chi connectivity index (χ1) is 6.33. The normalized spacial score (nSPS) is 10.9. The van der Waals surface area contributed by atoms with E-state index in [-0.39, 0.29) is 6.61 Å². The first kappa shape index (κ1) is 8.52. The van der Waals surface area contributed by atoms with Crippen LogP contribution in [0, 0.1) is 0 Å². The number of fused-ring (bicyclic) bond motifs is 1. The molecule has 0 spiro atoms. The van der Waals surface area contributed by atoms with Gasteiger partial charge in [-0.15, -0.1) is 11.8 Å². The van der Waals surface area contributed by atoms with Gasteiger partial charge in [0.1, 0.15) is 10.5 Å². The van der Waals surface area contributed by atoms with Gasteiger partial charge in [-0.1, -0.05) is 0 Å². The molecule has 0 unspecified atom stereocenters. The van der Waals surface area contributed by atoms with Crippen LogP contribution in [0.25, 0.3) is 11.2 Å². The Morgan fingerprint density at radius 3 is 3.15 bits per heavy atom. The molecule has 68 valence electrons. The van der Waals surface area contributed by atoms with Crippen molar-refractivity contribution in [1.29, 1.82) is 0 Å². The van der Waals surface area contributed by atoms with Crippen LogP contribution >= 0.6 is 11.8 Å². The highest BCUT2D eigenvalue weighted by Gasteiger charge is 2.02. The molecule has 0 radical (unpaired) electrons. The maximum atomic E-state index is 8.87. The number of thioether (sulfide) groups is 1. The molecule has 0 aliphatic heterocycles. The summed E-state index contributed by atoms with van der Waals surface area (Å²) in [5, 5.41) is 9.76. The van der Waals surface area contributed by atoms with Crippen molar-refractivity contribution in [3.63, 3.8) is 0 Å². The van der Waals surface area contributed by atoms with Gasteiger partial charge in [0.25, 0.3) is 0 Å². The lowest BCUT2D eigenvalue weighted by molar-refractivity contribution is 0.278. The fraction of sp³-hybridized carbons (Fsp3) is 0.250. The molecule has 0 aliphatic carbocycles. The van der Waals surface area contributed by atoms with Crippen LogP contribution < -0.4 is 0 Å². The van der Waals surface area contributed by atoms with Gasteiger partial charge >= 0.3 is 0 Å². The Morgan fingerprint density at radius 1 is 1.62 bits per heavy atom. The van der Waals surface area contributed by atoms with E-state index in [0.29, 0.717) is 0 Å². The van der Waals surface area contributed by atoms with E-state index in [4.69, 9.17) is 5.11 Å². The van der Waals surface area contributed by atoms with E-state index >= 15 is 0 Å². The molecule has 4 nitrogen and oxygen atoms in total. The highest BCUT2D eigenvalue weighted by Crippen LogP contribution is 2.15. The van der Waals surface area contributed by atoms with E-state index < -0.39 is 0 Å². The van der Waals surface area contributed by atoms with Gasteiger partial charge in [0.2, 0.25) is 0 Å². The molecule has 13 heavy (non-hydrogen) atoms. The van der Waals surface area contributed by atoms with Gasteiger partial charge in [-0.25, -0.2) is 9.97 Å². The van der Waals surface area contributed by atoms with Crippen molar-refractivity contribution in [3.8, 4) is 0 Å². The summed E-state index contributed by atoms with van der Waals surface area (Å²) < 4.78 is 0. The lowest BCUT2D eigenvalue weighted by Crippen LogP contribution is -1.83. The molecule has 0 bridgehead atoms. The van der Waals surface area contributed by atoms with E-state index in [9.17, 15) is 0 Å². The van der Waals surface area contributed by atoms with Crippen molar-refractivity contribution < 1.29 is 5.11 Å². The molecular formula is C8H9N3OS. The average Bonchev–Trinajstić information content (AvgIpc) is 2.58. The number of aromatic nitrogens is 3. The zero-order chi connectivity index (χ0) is 9.26. The molecule has 2 heterocycles. The average molecular weight is 195 g/mol. The maximum absolute atomic E-state index is 8.87. The van der Waals surface area contributed by atoms with E-state index in [0.717, 1.165) is 21.9 Å². The minimum absolute atomic E-state index is 0.00730. The number of hydrogen-bond acceptors (Lipinski definition) is 4. The Morgan fingerprint density at radius 2 is 2.46 bits per heavy atom. The van der Waals surface area contributed by atoms with Crippen LogP contribution in [0.4, 0.5) is 0 Å². The van der Waals surface area contributed by atoms with E-state index in [1.165, 1.54) is 0 Å². The molecule has 0 saturated carbocycles. The summed E-state index contributed by atoms with van der Waals surface area (Å²) in [5.41, 5.74) is 2.27. The van der Waals surface area contributed by atoms with Crippen molar-refractivity contribution in [2.45, 2.75) is 11.6 Å². The van der Waals surface area contributed by atoms with Gasteiger partial charge in [0.05, 0.1) is 12.8 Å². The molecule has 2 aromatic rings. The number of aliphatic hydroxyl groups is 1. The molecule has 0 aliphatic rings. The van der Waals surface area contributed by atoms with Crippen LogP contribution in [0.2, 0.25) is 0 Å². The Kier molecular flexibility index (Phi) is 2.20. The van der Waals surface area contributed by atoms with Crippen LogP contribution in [0.1, 0.15) is 5.69 Å². The molecule has 2 rings (SSSR count). The first-order valence-electron chi connectivity index (χ1n) is 3.83. The van der Waals surface area contributed by atoms with Crippen molar-refractivity contribution in [2.24, 2.45) is 0 Å². The molecule has 5 heteroatoms. The SMILES string of the molecule is CSc1cnc2[nH]c(CO)cc2n1. The number of aliphatic hydroxyl groups excluding tert-OH is 1. The molecule has 0 fully saturated rings. The topological polar surface area (TPSA) is 61.8 Å². The monoisotopic (exact) mass is 195 g/mol. The third-order valence-electron chi connectivity index (χ3n) is 1.75. The third-order valence-corrected chi connectivity index (χ3v) is 2.36. The fourth-order valence-corrected chi connectivity index (χ4v) is 1.47.